The molecule has 2 aliphatic heterocycles. The van der Waals surface area contributed by atoms with Crippen molar-refractivity contribution in [1.29, 1.82) is 0 Å². The minimum Gasteiger partial charge on any atom is -0.450 e. The first-order valence-electron chi connectivity index (χ1n) is 9.86. The van der Waals surface area contributed by atoms with Crippen LogP contribution in [0.5, 0.6) is 0 Å². The second-order valence-electron chi connectivity index (χ2n) is 7.05. The van der Waals surface area contributed by atoms with Gasteiger partial charge in [-0.2, -0.15) is 8.61 Å². The quantitative estimate of drug-likeness (QED) is 0.658. The maximum Gasteiger partial charge on any atom is 0.407 e. The van der Waals surface area contributed by atoms with E-state index in [9.17, 15) is 21.6 Å². The van der Waals surface area contributed by atoms with E-state index in [0.29, 0.717) is 32.6 Å². The third-order valence-corrected chi connectivity index (χ3v) is 8.84. The van der Waals surface area contributed by atoms with Crippen molar-refractivity contribution in [3.05, 3.63) is 24.3 Å². The third kappa shape index (κ3) is 5.11. The summed E-state index contributed by atoms with van der Waals surface area (Å²) in [6, 6.07) is 4.91. The molecule has 1 aromatic rings. The van der Waals surface area contributed by atoms with Crippen LogP contribution in [0.2, 0.25) is 0 Å². The molecule has 30 heavy (non-hydrogen) atoms. The number of benzene rings is 1. The highest BCUT2D eigenvalue weighted by molar-refractivity contribution is 7.89. The highest BCUT2D eigenvalue weighted by Gasteiger charge is 2.32. The van der Waals surface area contributed by atoms with E-state index in [0.717, 1.165) is 0 Å². The molecule has 10 nitrogen and oxygen atoms in total. The van der Waals surface area contributed by atoms with E-state index in [1.54, 1.807) is 6.92 Å². The molecular formula is C18H27N3O7S2. The Morgan fingerprint density at radius 3 is 2.17 bits per heavy atom. The van der Waals surface area contributed by atoms with Gasteiger partial charge in [0, 0.05) is 32.2 Å². The molecule has 2 aliphatic rings. The summed E-state index contributed by atoms with van der Waals surface area (Å²) in [5.74, 6) is 0. The van der Waals surface area contributed by atoms with E-state index in [1.807, 2.05) is 0 Å². The number of ether oxygens (including phenoxy) is 2. The molecule has 168 valence electrons. The van der Waals surface area contributed by atoms with Gasteiger partial charge in [-0.05, 0) is 44.0 Å². The lowest BCUT2D eigenvalue weighted by Gasteiger charge is -2.32. The van der Waals surface area contributed by atoms with Crippen LogP contribution in [0.1, 0.15) is 19.8 Å². The predicted octanol–water partition coefficient (Wildman–Crippen LogP) is 0.607. The van der Waals surface area contributed by atoms with Crippen LogP contribution in [0.25, 0.3) is 0 Å². The van der Waals surface area contributed by atoms with Crippen LogP contribution in [-0.2, 0) is 29.5 Å². The number of nitrogens with one attached hydrogen (secondary N) is 1. The SMILES string of the molecule is CCOC(=O)NC1CCCN(S(=O)(=O)c2ccc(S(=O)(=O)N3CCOCC3)cc2)C1. The molecule has 0 saturated carbocycles. The van der Waals surface area contributed by atoms with E-state index < -0.39 is 26.1 Å². The van der Waals surface area contributed by atoms with Gasteiger partial charge in [-0.3, -0.25) is 0 Å². The van der Waals surface area contributed by atoms with Gasteiger partial charge in [-0.25, -0.2) is 21.6 Å². The molecule has 2 heterocycles. The van der Waals surface area contributed by atoms with Crippen LogP contribution in [0.15, 0.2) is 34.1 Å². The van der Waals surface area contributed by atoms with Gasteiger partial charge in [0.25, 0.3) is 0 Å². The number of carbonyl (C=O) groups excluding carboxylic acids is 1. The highest BCUT2D eigenvalue weighted by Crippen LogP contribution is 2.24. The molecule has 0 aliphatic carbocycles. The maximum atomic E-state index is 13.0. The fourth-order valence-electron chi connectivity index (χ4n) is 3.49. The average molecular weight is 462 g/mol. The van der Waals surface area contributed by atoms with Gasteiger partial charge in [-0.1, -0.05) is 0 Å². The van der Waals surface area contributed by atoms with Gasteiger partial charge in [-0.15, -0.1) is 0 Å². The lowest BCUT2D eigenvalue weighted by Crippen LogP contribution is -2.49. The molecule has 0 radical (unpaired) electrons. The molecule has 3 rings (SSSR count). The Morgan fingerprint density at radius 1 is 1.03 bits per heavy atom. The first-order valence-corrected chi connectivity index (χ1v) is 12.7. The number of piperidine rings is 1. The molecule has 1 atom stereocenters. The van der Waals surface area contributed by atoms with Gasteiger partial charge < -0.3 is 14.8 Å². The number of carbonyl (C=O) groups is 1. The van der Waals surface area contributed by atoms with Gasteiger partial charge in [0.1, 0.15) is 0 Å². The molecule has 1 aromatic carbocycles. The molecule has 1 N–H and O–H groups in total. The lowest BCUT2D eigenvalue weighted by atomic mass is 10.1. The molecule has 1 unspecified atom stereocenters. The van der Waals surface area contributed by atoms with Gasteiger partial charge in [0.15, 0.2) is 0 Å². The molecule has 0 aromatic heterocycles. The Morgan fingerprint density at radius 2 is 1.60 bits per heavy atom. The van der Waals surface area contributed by atoms with Gasteiger partial charge in [0.2, 0.25) is 20.0 Å². The van der Waals surface area contributed by atoms with Crippen molar-refractivity contribution in [2.45, 2.75) is 35.6 Å². The number of amides is 1. The van der Waals surface area contributed by atoms with Crippen molar-refractivity contribution in [2.24, 2.45) is 0 Å². The fraction of sp³-hybridized carbons (Fsp3) is 0.611. The fourth-order valence-corrected chi connectivity index (χ4v) is 6.42. The monoisotopic (exact) mass is 461 g/mol. The van der Waals surface area contributed by atoms with Gasteiger partial charge >= 0.3 is 6.09 Å². The Kier molecular flexibility index (Phi) is 7.34. The van der Waals surface area contributed by atoms with Crippen LogP contribution >= 0.6 is 0 Å². The molecule has 1 amide bonds. The number of sulfonamides is 2. The van der Waals surface area contributed by atoms with Crippen molar-refractivity contribution in [3.8, 4) is 0 Å². The number of rotatable bonds is 6. The van der Waals surface area contributed by atoms with Crippen molar-refractivity contribution < 1.29 is 31.1 Å². The maximum absolute atomic E-state index is 13.0. The zero-order chi connectivity index (χ0) is 21.8. The second-order valence-corrected chi connectivity index (χ2v) is 10.9. The third-order valence-electron chi connectivity index (χ3n) is 5.05. The minimum atomic E-state index is -3.82. The van der Waals surface area contributed by atoms with Crippen molar-refractivity contribution in [2.75, 3.05) is 46.0 Å². The zero-order valence-corrected chi connectivity index (χ0v) is 18.5. The summed E-state index contributed by atoms with van der Waals surface area (Å²) in [4.78, 5) is 11.7. The summed E-state index contributed by atoms with van der Waals surface area (Å²) < 4.78 is 64.1. The summed E-state index contributed by atoms with van der Waals surface area (Å²) in [5, 5.41) is 2.68. The first-order chi connectivity index (χ1) is 14.2. The number of hydrogen-bond acceptors (Lipinski definition) is 7. The topological polar surface area (TPSA) is 122 Å². The van der Waals surface area contributed by atoms with Crippen molar-refractivity contribution >= 4 is 26.1 Å². The molecule has 0 bridgehead atoms. The Balaban J connectivity index is 1.72. The normalized spacial score (nSPS) is 21.8. The van der Waals surface area contributed by atoms with E-state index in [1.165, 1.54) is 32.9 Å². The Hall–Kier alpha value is -1.73. The standard InChI is InChI=1S/C18H27N3O7S2/c1-2-28-18(22)19-15-4-3-9-21(14-15)30(25,26)17-7-5-16(6-8-17)29(23,24)20-10-12-27-13-11-20/h5-8,15H,2-4,9-14H2,1H3,(H,19,22). The Labute approximate surface area is 177 Å². The predicted molar refractivity (Wildman–Crippen MR) is 108 cm³/mol. The lowest BCUT2D eigenvalue weighted by molar-refractivity contribution is 0.0730. The van der Waals surface area contributed by atoms with Crippen LogP contribution in [0, 0.1) is 0 Å². The first kappa shape index (κ1) is 22.9. The number of morpholine rings is 1. The smallest absolute Gasteiger partial charge is 0.407 e. The minimum absolute atomic E-state index is 0.0141. The number of alkyl carbamates (subject to hydrolysis) is 1. The molecule has 2 fully saturated rings. The highest BCUT2D eigenvalue weighted by atomic mass is 32.2. The van der Waals surface area contributed by atoms with Crippen LogP contribution in [-0.4, -0.2) is 83.6 Å². The van der Waals surface area contributed by atoms with Crippen LogP contribution in [0.4, 0.5) is 4.79 Å². The molecular weight excluding hydrogens is 434 g/mol. The van der Waals surface area contributed by atoms with Crippen molar-refractivity contribution in [1.82, 2.24) is 13.9 Å². The van der Waals surface area contributed by atoms with E-state index in [2.05, 4.69) is 5.32 Å². The Bertz CT molecular complexity index is 942. The van der Waals surface area contributed by atoms with E-state index in [4.69, 9.17) is 9.47 Å². The van der Waals surface area contributed by atoms with Crippen LogP contribution < -0.4 is 5.32 Å². The van der Waals surface area contributed by atoms with E-state index in [-0.39, 0.29) is 42.1 Å². The van der Waals surface area contributed by atoms with Crippen molar-refractivity contribution in [3.63, 3.8) is 0 Å². The summed E-state index contributed by atoms with van der Waals surface area (Å²) >= 11 is 0. The summed E-state index contributed by atoms with van der Waals surface area (Å²) in [6.45, 7) is 3.60. The summed E-state index contributed by atoms with van der Waals surface area (Å²) in [6.07, 6.45) is 0.681. The van der Waals surface area contributed by atoms with Crippen LogP contribution in [0.3, 0.4) is 0 Å². The van der Waals surface area contributed by atoms with Gasteiger partial charge in [0.05, 0.1) is 29.6 Å². The molecule has 12 heteroatoms. The largest absolute Gasteiger partial charge is 0.450 e. The average Bonchev–Trinajstić information content (AvgIpc) is 2.75. The summed E-state index contributed by atoms with van der Waals surface area (Å²) in [7, 11) is -7.51. The second kappa shape index (κ2) is 9.60. The number of hydrogen-bond donors (Lipinski definition) is 1. The zero-order valence-electron chi connectivity index (χ0n) is 16.8. The molecule has 0 spiro atoms. The van der Waals surface area contributed by atoms with E-state index >= 15 is 0 Å². The molecule has 2 saturated heterocycles. The summed E-state index contributed by atoms with van der Waals surface area (Å²) in [5.41, 5.74) is 0. The number of nitrogens with zero attached hydrogens (tertiary/aromatic N) is 2.